The summed E-state index contributed by atoms with van der Waals surface area (Å²) >= 11 is 0. The minimum absolute atomic E-state index is 0.0250. The average molecular weight is 633 g/mol. The first-order valence-corrected chi connectivity index (χ1v) is 17.6. The number of aromatic nitrogens is 2. The Morgan fingerprint density at radius 3 is 2.29 bits per heavy atom. The smallest absolute Gasteiger partial charge is 0.0881 e. The molecule has 4 nitrogen and oxygen atoms in total. The number of hydrogen-bond acceptors (Lipinski definition) is 2. The fourth-order valence-electron chi connectivity index (χ4n) is 9.56. The second kappa shape index (κ2) is 10.1. The summed E-state index contributed by atoms with van der Waals surface area (Å²) in [6.45, 7) is 2.37. The zero-order chi connectivity index (χ0) is 32.3. The quantitative estimate of drug-likeness (QED) is 0.195. The molecule has 7 aromatic rings. The van der Waals surface area contributed by atoms with Crippen molar-refractivity contribution in [3.8, 4) is 11.4 Å². The predicted molar refractivity (Wildman–Crippen MR) is 201 cm³/mol. The van der Waals surface area contributed by atoms with Crippen molar-refractivity contribution in [3.05, 3.63) is 174 Å². The van der Waals surface area contributed by atoms with E-state index >= 15 is 0 Å². The lowest BCUT2D eigenvalue weighted by Crippen LogP contribution is -2.32. The average Bonchev–Trinajstić information content (AvgIpc) is 3.36. The van der Waals surface area contributed by atoms with Crippen LogP contribution in [0, 0.1) is 0 Å². The number of para-hydroxylation sites is 2. The van der Waals surface area contributed by atoms with Crippen LogP contribution in [0.2, 0.25) is 0 Å². The summed E-state index contributed by atoms with van der Waals surface area (Å²) in [6, 6.07) is 45.5. The predicted octanol–water partition coefficient (Wildman–Crippen LogP) is 10.1. The second-order valence-corrected chi connectivity index (χ2v) is 14.2. The standard InChI is InChI=1S/C45H36N4/c1-29-14-12-23-38-42(29)36-27-35-34-21-8-9-22-37(34)48(39(35)28-40(36)47(38)32-18-6-3-7-19-32)33-20-13-17-31(26-33)44-46-43(30-15-4-2-5-16-30)45-25-11-10-24-41(45)49(44)45/h2-13,15-29,41,43-44,46H,14H2,1H3. The van der Waals surface area contributed by atoms with Gasteiger partial charge >= 0.3 is 0 Å². The summed E-state index contributed by atoms with van der Waals surface area (Å²) < 4.78 is 4.96. The molecule has 2 aliphatic carbocycles. The molecule has 2 aromatic heterocycles. The van der Waals surface area contributed by atoms with Crippen LogP contribution in [0.1, 0.15) is 53.9 Å². The van der Waals surface area contributed by atoms with Crippen molar-refractivity contribution in [2.24, 2.45) is 0 Å². The number of nitrogens with zero attached hydrogens (tertiary/aromatic N) is 3. The van der Waals surface area contributed by atoms with E-state index in [9.17, 15) is 0 Å². The molecule has 0 amide bonds. The molecule has 4 heterocycles. The highest BCUT2D eigenvalue weighted by molar-refractivity contribution is 6.14. The van der Waals surface area contributed by atoms with Crippen LogP contribution >= 0.6 is 0 Å². The van der Waals surface area contributed by atoms with E-state index in [-0.39, 0.29) is 17.7 Å². The zero-order valence-electron chi connectivity index (χ0n) is 27.4. The molecule has 4 aliphatic rings. The van der Waals surface area contributed by atoms with Crippen molar-refractivity contribution >= 4 is 38.8 Å². The number of nitrogens with one attached hydrogen (secondary N) is 1. The van der Waals surface area contributed by atoms with Gasteiger partial charge in [-0.25, -0.2) is 0 Å². The van der Waals surface area contributed by atoms with Gasteiger partial charge in [0.1, 0.15) is 0 Å². The molecule has 11 rings (SSSR count). The van der Waals surface area contributed by atoms with Gasteiger partial charge in [0, 0.05) is 33.2 Å². The summed E-state index contributed by atoms with van der Waals surface area (Å²) in [5.41, 5.74) is 11.5. The van der Waals surface area contributed by atoms with Crippen LogP contribution in [0.15, 0.2) is 152 Å². The minimum Gasteiger partial charge on any atom is -0.310 e. The molecule has 1 N–H and O–H groups in total. The largest absolute Gasteiger partial charge is 0.310 e. The number of benzene rings is 5. The van der Waals surface area contributed by atoms with Crippen LogP contribution < -0.4 is 5.32 Å². The molecule has 0 saturated carbocycles. The molecular weight excluding hydrogens is 597 g/mol. The van der Waals surface area contributed by atoms with Crippen molar-refractivity contribution in [1.29, 1.82) is 0 Å². The van der Waals surface area contributed by atoms with Gasteiger partial charge in [-0.3, -0.25) is 10.2 Å². The van der Waals surface area contributed by atoms with Gasteiger partial charge in [-0.15, -0.1) is 0 Å². The van der Waals surface area contributed by atoms with E-state index in [1.54, 1.807) is 0 Å². The Morgan fingerprint density at radius 2 is 1.41 bits per heavy atom. The van der Waals surface area contributed by atoms with Crippen molar-refractivity contribution in [2.75, 3.05) is 0 Å². The van der Waals surface area contributed by atoms with Gasteiger partial charge in [0.05, 0.1) is 40.3 Å². The maximum absolute atomic E-state index is 4.06. The third-order valence-corrected chi connectivity index (χ3v) is 11.7. The molecule has 2 aliphatic heterocycles. The monoisotopic (exact) mass is 632 g/mol. The van der Waals surface area contributed by atoms with E-state index in [0.717, 1.165) is 6.42 Å². The normalized spacial score (nSPS) is 26.3. The van der Waals surface area contributed by atoms with Crippen molar-refractivity contribution in [1.82, 2.24) is 19.4 Å². The molecular formula is C45H36N4. The van der Waals surface area contributed by atoms with Gasteiger partial charge in [-0.2, -0.15) is 0 Å². The fraction of sp³-hybridized carbons (Fsp3) is 0.156. The fourth-order valence-corrected chi connectivity index (χ4v) is 9.56. The van der Waals surface area contributed by atoms with E-state index in [0.29, 0.717) is 12.0 Å². The summed E-state index contributed by atoms with van der Waals surface area (Å²) in [6.07, 6.45) is 15.1. The first kappa shape index (κ1) is 27.5. The van der Waals surface area contributed by atoms with E-state index in [2.05, 4.69) is 184 Å². The van der Waals surface area contributed by atoms with E-state index in [1.807, 2.05) is 0 Å². The third-order valence-electron chi connectivity index (χ3n) is 11.7. The molecule has 0 bridgehead atoms. The number of allylic oxidation sites excluding steroid dienone is 3. The van der Waals surface area contributed by atoms with Crippen molar-refractivity contribution < 1.29 is 0 Å². The highest BCUT2D eigenvalue weighted by Crippen LogP contribution is 2.62. The molecule has 1 spiro atoms. The summed E-state index contributed by atoms with van der Waals surface area (Å²) in [4.78, 5) is 2.66. The molecule has 6 atom stereocenters. The van der Waals surface area contributed by atoms with E-state index in [4.69, 9.17) is 0 Å². The molecule has 0 radical (unpaired) electrons. The lowest BCUT2D eigenvalue weighted by atomic mass is 9.87. The Labute approximate surface area is 285 Å². The van der Waals surface area contributed by atoms with Gasteiger partial charge in [0.15, 0.2) is 0 Å². The second-order valence-electron chi connectivity index (χ2n) is 14.2. The van der Waals surface area contributed by atoms with E-state index < -0.39 is 0 Å². The van der Waals surface area contributed by atoms with Crippen LogP contribution in [0.25, 0.3) is 50.2 Å². The van der Waals surface area contributed by atoms with Crippen molar-refractivity contribution in [3.63, 3.8) is 0 Å². The highest BCUT2D eigenvalue weighted by Gasteiger charge is 2.71. The van der Waals surface area contributed by atoms with Gasteiger partial charge in [-0.05, 0) is 77.6 Å². The molecule has 5 aromatic carbocycles. The third kappa shape index (κ3) is 3.70. The number of hydrogen-bond donors (Lipinski definition) is 1. The van der Waals surface area contributed by atoms with Crippen LogP contribution in [0.3, 0.4) is 0 Å². The highest BCUT2D eigenvalue weighted by atomic mass is 15.5. The lowest BCUT2D eigenvalue weighted by molar-refractivity contribution is 0.371. The first-order valence-electron chi connectivity index (χ1n) is 17.6. The number of rotatable bonds is 4. The van der Waals surface area contributed by atoms with Crippen LogP contribution in [-0.2, 0) is 0 Å². The Balaban J connectivity index is 1.12. The number of fused-ring (bicyclic) bond motifs is 7. The van der Waals surface area contributed by atoms with Gasteiger partial charge in [-0.1, -0.05) is 116 Å². The zero-order valence-corrected chi connectivity index (χ0v) is 27.4. The Morgan fingerprint density at radius 1 is 0.653 bits per heavy atom. The lowest BCUT2D eigenvalue weighted by Gasteiger charge is -2.25. The Kier molecular flexibility index (Phi) is 5.65. The molecule has 2 fully saturated rings. The van der Waals surface area contributed by atoms with Gasteiger partial charge < -0.3 is 9.13 Å². The SMILES string of the molecule is CC1CC=Cc2c1c1cc3c4ccccc4n(-c4cccc(C5NC(c6ccccc6)C67C=CC=CC6N57)c4)c3cc1n2-c1ccccc1. The van der Waals surface area contributed by atoms with Gasteiger partial charge in [0.2, 0.25) is 0 Å². The first-order chi connectivity index (χ1) is 24.2. The summed E-state index contributed by atoms with van der Waals surface area (Å²) in [5.74, 6) is 0.461. The Bertz CT molecular complexity index is 2550. The maximum atomic E-state index is 4.06. The summed E-state index contributed by atoms with van der Waals surface area (Å²) in [5, 5.41) is 8.02. The minimum atomic E-state index is -0.0250. The molecule has 6 unspecified atom stereocenters. The topological polar surface area (TPSA) is 24.9 Å². The van der Waals surface area contributed by atoms with Crippen LogP contribution in [0.4, 0.5) is 0 Å². The molecule has 49 heavy (non-hydrogen) atoms. The molecule has 2 saturated heterocycles. The van der Waals surface area contributed by atoms with E-state index in [1.165, 1.54) is 66.5 Å². The summed E-state index contributed by atoms with van der Waals surface area (Å²) in [7, 11) is 0. The van der Waals surface area contributed by atoms with Gasteiger partial charge in [0.25, 0.3) is 0 Å². The molecule has 4 heteroatoms. The maximum Gasteiger partial charge on any atom is 0.0881 e. The Hall–Kier alpha value is -5.42. The molecule has 236 valence electrons. The van der Waals surface area contributed by atoms with Crippen molar-refractivity contribution in [2.45, 2.75) is 43.1 Å². The van der Waals surface area contributed by atoms with Crippen LogP contribution in [0.5, 0.6) is 0 Å². The van der Waals surface area contributed by atoms with Crippen LogP contribution in [-0.4, -0.2) is 25.6 Å².